The summed E-state index contributed by atoms with van der Waals surface area (Å²) in [5.74, 6) is 2.35. The third-order valence-corrected chi connectivity index (χ3v) is 5.60. The highest BCUT2D eigenvalue weighted by Crippen LogP contribution is 2.42. The first-order chi connectivity index (χ1) is 15.5. The van der Waals surface area contributed by atoms with Crippen molar-refractivity contribution in [1.82, 2.24) is 4.90 Å². The van der Waals surface area contributed by atoms with Gasteiger partial charge in [-0.3, -0.25) is 9.69 Å². The maximum atomic E-state index is 13.5. The molecule has 3 aliphatic heterocycles. The Morgan fingerprint density at radius 3 is 2.78 bits per heavy atom. The summed E-state index contributed by atoms with van der Waals surface area (Å²) in [7, 11) is 0. The molecule has 0 spiro atoms. The van der Waals surface area contributed by atoms with E-state index in [9.17, 15) is 9.59 Å². The molecule has 0 saturated carbocycles. The Hall–Kier alpha value is -3.81. The molecule has 2 aromatic rings. The third kappa shape index (κ3) is 3.28. The highest BCUT2D eigenvalue weighted by Gasteiger charge is 2.46. The molecular weight excluding hydrogens is 412 g/mol. The van der Waals surface area contributed by atoms with Crippen LogP contribution in [0.15, 0.2) is 56.6 Å². The summed E-state index contributed by atoms with van der Waals surface area (Å²) in [5, 5.41) is 0. The molecule has 1 unspecified atom stereocenters. The summed E-state index contributed by atoms with van der Waals surface area (Å²) in [6.07, 6.45) is 2.16. The number of aryl methyl sites for hydroxylation is 1. The highest BCUT2D eigenvalue weighted by molar-refractivity contribution is 6.19. The number of furan rings is 1. The first-order valence-corrected chi connectivity index (χ1v) is 10.4. The number of ether oxygens (including phenoxy) is 3. The fourth-order valence-corrected chi connectivity index (χ4v) is 4.20. The molecule has 0 aliphatic carbocycles. The molecule has 0 bridgehead atoms. The molecular formula is C24H22N2O6. The number of fused-ring (bicyclic) bond motifs is 2. The molecule has 5 rings (SSSR count). The Balaban J connectivity index is 1.55. The van der Waals surface area contributed by atoms with Crippen LogP contribution in [0.3, 0.4) is 0 Å². The quantitative estimate of drug-likeness (QED) is 0.535. The van der Waals surface area contributed by atoms with Gasteiger partial charge in [0.2, 0.25) is 6.79 Å². The molecule has 164 valence electrons. The number of benzene rings is 1. The Morgan fingerprint density at radius 1 is 1.22 bits per heavy atom. The van der Waals surface area contributed by atoms with E-state index in [1.807, 2.05) is 37.3 Å². The molecule has 8 heteroatoms. The Bertz CT molecular complexity index is 1220. The standard InChI is InChI=1S/C24H22N2O6/c1-4-29-24(28)21-14(3)25-20-11-16(9-15-6-8-17-19(10-15)31-12-30-17)23(27)26(20)22(21)18-7-5-13(2)32-18/h5-10,22H,4,11-12H2,1-3H3/b16-9-. The van der Waals surface area contributed by atoms with Crippen molar-refractivity contribution in [2.24, 2.45) is 4.99 Å². The van der Waals surface area contributed by atoms with Crippen LogP contribution in [0, 0.1) is 6.92 Å². The molecule has 1 atom stereocenters. The summed E-state index contributed by atoms with van der Waals surface area (Å²) >= 11 is 0. The maximum Gasteiger partial charge on any atom is 0.338 e. The van der Waals surface area contributed by atoms with Crippen molar-refractivity contribution < 1.29 is 28.2 Å². The number of amides is 1. The summed E-state index contributed by atoms with van der Waals surface area (Å²) in [6, 6.07) is 8.38. The number of hydrogen-bond acceptors (Lipinski definition) is 7. The van der Waals surface area contributed by atoms with Crippen LogP contribution >= 0.6 is 0 Å². The van der Waals surface area contributed by atoms with Crippen molar-refractivity contribution >= 4 is 23.8 Å². The number of carbonyl (C=O) groups is 2. The number of carbonyl (C=O) groups excluding carboxylic acids is 2. The van der Waals surface area contributed by atoms with E-state index < -0.39 is 12.0 Å². The second kappa shape index (κ2) is 7.71. The van der Waals surface area contributed by atoms with Crippen molar-refractivity contribution in [1.29, 1.82) is 0 Å². The van der Waals surface area contributed by atoms with Gasteiger partial charge < -0.3 is 18.6 Å². The van der Waals surface area contributed by atoms with E-state index in [1.54, 1.807) is 19.9 Å². The van der Waals surface area contributed by atoms with Gasteiger partial charge in [0.25, 0.3) is 5.91 Å². The fraction of sp³-hybridized carbons (Fsp3) is 0.292. The topological polar surface area (TPSA) is 90.6 Å². The SMILES string of the molecule is CCOC(=O)C1=C(C)N=C2C/C(=C/c3ccc4c(c3)OCO4)C(=O)N2C1c1ccc(C)o1. The fourth-order valence-electron chi connectivity index (χ4n) is 4.20. The van der Waals surface area contributed by atoms with Crippen LogP contribution in [0.1, 0.15) is 43.4 Å². The van der Waals surface area contributed by atoms with E-state index >= 15 is 0 Å². The van der Waals surface area contributed by atoms with Gasteiger partial charge >= 0.3 is 5.97 Å². The van der Waals surface area contributed by atoms with Crippen molar-refractivity contribution in [3.8, 4) is 11.5 Å². The van der Waals surface area contributed by atoms with Crippen molar-refractivity contribution in [2.45, 2.75) is 33.2 Å². The van der Waals surface area contributed by atoms with Gasteiger partial charge in [-0.25, -0.2) is 9.79 Å². The molecule has 3 aliphatic rings. The third-order valence-electron chi connectivity index (χ3n) is 5.60. The minimum atomic E-state index is -0.731. The van der Waals surface area contributed by atoms with Crippen molar-refractivity contribution in [2.75, 3.05) is 13.4 Å². The van der Waals surface area contributed by atoms with Crippen LogP contribution in [-0.2, 0) is 14.3 Å². The molecule has 1 aromatic carbocycles. The molecule has 8 nitrogen and oxygen atoms in total. The predicted octanol–water partition coefficient (Wildman–Crippen LogP) is 3.92. The van der Waals surface area contributed by atoms with E-state index in [0.29, 0.717) is 52.1 Å². The lowest BCUT2D eigenvalue weighted by atomic mass is 9.99. The molecule has 1 saturated heterocycles. The zero-order valence-corrected chi connectivity index (χ0v) is 18.0. The molecule has 1 amide bonds. The van der Waals surface area contributed by atoms with Crippen LogP contribution in [0.25, 0.3) is 6.08 Å². The second-order valence-corrected chi connectivity index (χ2v) is 7.73. The van der Waals surface area contributed by atoms with Crippen LogP contribution in [-0.4, -0.2) is 36.0 Å². The average Bonchev–Trinajstić information content (AvgIpc) is 3.47. The number of amidine groups is 1. The maximum absolute atomic E-state index is 13.5. The smallest absolute Gasteiger partial charge is 0.338 e. The van der Waals surface area contributed by atoms with Gasteiger partial charge in [0, 0.05) is 12.0 Å². The minimum Gasteiger partial charge on any atom is -0.464 e. The van der Waals surface area contributed by atoms with E-state index in [1.165, 1.54) is 4.90 Å². The van der Waals surface area contributed by atoms with Gasteiger partial charge in [-0.15, -0.1) is 0 Å². The second-order valence-electron chi connectivity index (χ2n) is 7.73. The number of rotatable bonds is 4. The lowest BCUT2D eigenvalue weighted by molar-refractivity contribution is -0.139. The summed E-state index contributed by atoms with van der Waals surface area (Å²) in [4.78, 5) is 32.4. The number of allylic oxidation sites excluding steroid dienone is 1. The molecule has 4 heterocycles. The lowest BCUT2D eigenvalue weighted by Gasteiger charge is -2.31. The van der Waals surface area contributed by atoms with Crippen LogP contribution in [0.5, 0.6) is 11.5 Å². The van der Waals surface area contributed by atoms with Gasteiger partial charge in [0.1, 0.15) is 23.4 Å². The lowest BCUT2D eigenvalue weighted by Crippen LogP contribution is -2.39. The average molecular weight is 434 g/mol. The summed E-state index contributed by atoms with van der Waals surface area (Å²) in [6.45, 7) is 5.72. The van der Waals surface area contributed by atoms with Crippen LogP contribution in [0.4, 0.5) is 0 Å². The molecule has 0 radical (unpaired) electrons. The molecule has 32 heavy (non-hydrogen) atoms. The summed E-state index contributed by atoms with van der Waals surface area (Å²) in [5.41, 5.74) is 2.21. The van der Waals surface area contributed by atoms with Gasteiger partial charge in [0.15, 0.2) is 11.5 Å². The molecule has 1 fully saturated rings. The van der Waals surface area contributed by atoms with Crippen LogP contribution < -0.4 is 9.47 Å². The Kier molecular flexibility index (Phi) is 4.84. The predicted molar refractivity (Wildman–Crippen MR) is 115 cm³/mol. The zero-order chi connectivity index (χ0) is 22.4. The minimum absolute atomic E-state index is 0.185. The van der Waals surface area contributed by atoms with E-state index in [-0.39, 0.29) is 19.3 Å². The first kappa shape index (κ1) is 20.1. The Labute approximate surface area is 184 Å². The van der Waals surface area contributed by atoms with Gasteiger partial charge in [-0.2, -0.15) is 0 Å². The van der Waals surface area contributed by atoms with Gasteiger partial charge in [-0.1, -0.05) is 6.07 Å². The van der Waals surface area contributed by atoms with E-state index in [0.717, 1.165) is 5.56 Å². The number of esters is 1. The number of hydrogen-bond donors (Lipinski definition) is 0. The van der Waals surface area contributed by atoms with Crippen molar-refractivity contribution in [3.63, 3.8) is 0 Å². The monoisotopic (exact) mass is 434 g/mol. The van der Waals surface area contributed by atoms with Gasteiger partial charge in [-0.05, 0) is 56.7 Å². The highest BCUT2D eigenvalue weighted by atomic mass is 16.7. The zero-order valence-electron chi connectivity index (χ0n) is 18.0. The summed E-state index contributed by atoms with van der Waals surface area (Å²) < 4.78 is 21.9. The number of aliphatic imine (C=N–C) groups is 1. The normalized spacial score (nSPS) is 20.7. The Morgan fingerprint density at radius 2 is 2.03 bits per heavy atom. The first-order valence-electron chi connectivity index (χ1n) is 10.4. The molecule has 0 N–H and O–H groups in total. The number of nitrogens with zero attached hydrogens (tertiary/aromatic N) is 2. The van der Waals surface area contributed by atoms with Crippen molar-refractivity contribution in [3.05, 3.63) is 64.3 Å². The van der Waals surface area contributed by atoms with E-state index in [4.69, 9.17) is 18.6 Å². The van der Waals surface area contributed by atoms with E-state index in [2.05, 4.69) is 4.99 Å². The largest absolute Gasteiger partial charge is 0.464 e. The van der Waals surface area contributed by atoms with Crippen LogP contribution in [0.2, 0.25) is 0 Å². The molecule has 1 aromatic heterocycles. The van der Waals surface area contributed by atoms with Gasteiger partial charge in [0.05, 0.1) is 17.9 Å².